The lowest BCUT2D eigenvalue weighted by atomic mass is 10.2. The summed E-state index contributed by atoms with van der Waals surface area (Å²) in [6.45, 7) is 4.68. The Kier molecular flexibility index (Phi) is 7.95. The molecule has 7 heteroatoms. The Labute approximate surface area is 194 Å². The van der Waals surface area contributed by atoms with E-state index in [0.717, 1.165) is 11.3 Å². The number of benzene rings is 2. The maximum atomic E-state index is 13.4. The first-order valence-corrected chi connectivity index (χ1v) is 11.0. The van der Waals surface area contributed by atoms with Gasteiger partial charge in [-0.15, -0.1) is 0 Å². The second-order valence-electron chi connectivity index (χ2n) is 8.01. The summed E-state index contributed by atoms with van der Waals surface area (Å²) in [6, 6.07) is 20.3. The Morgan fingerprint density at radius 1 is 1.00 bits per heavy atom. The van der Waals surface area contributed by atoms with Gasteiger partial charge in [-0.25, -0.2) is 4.79 Å². The summed E-state index contributed by atoms with van der Waals surface area (Å²) in [4.78, 5) is 29.7. The third-order valence-corrected chi connectivity index (χ3v) is 5.47. The SMILES string of the molecule is CC(C)N(CC(=O)N(Cc1ccccc1)Cc1cccn1C)C(=O)Nc1cccc(Cl)c1. The number of nitrogens with zero attached hydrogens (tertiary/aromatic N) is 3. The van der Waals surface area contributed by atoms with Crippen LogP contribution in [0.2, 0.25) is 5.02 Å². The van der Waals surface area contributed by atoms with Crippen molar-refractivity contribution in [3.63, 3.8) is 0 Å². The number of carbonyl (C=O) groups is 2. The number of nitrogens with one attached hydrogen (secondary N) is 1. The van der Waals surface area contributed by atoms with Crippen molar-refractivity contribution < 1.29 is 9.59 Å². The Hall–Kier alpha value is -3.25. The number of urea groups is 1. The zero-order valence-electron chi connectivity index (χ0n) is 18.7. The molecule has 0 unspecified atom stereocenters. The molecule has 0 radical (unpaired) electrons. The fourth-order valence-corrected chi connectivity index (χ4v) is 3.58. The molecule has 0 aliphatic heterocycles. The summed E-state index contributed by atoms with van der Waals surface area (Å²) in [5.74, 6) is -0.120. The molecule has 0 fully saturated rings. The number of hydrogen-bond donors (Lipinski definition) is 1. The molecule has 0 atom stereocenters. The van der Waals surface area contributed by atoms with Crippen LogP contribution in [0.5, 0.6) is 0 Å². The largest absolute Gasteiger partial charge is 0.353 e. The van der Waals surface area contributed by atoms with E-state index < -0.39 is 0 Å². The molecule has 0 saturated carbocycles. The van der Waals surface area contributed by atoms with Crippen molar-refractivity contribution in [1.82, 2.24) is 14.4 Å². The lowest BCUT2D eigenvalue weighted by molar-refractivity contribution is -0.133. The van der Waals surface area contributed by atoms with Crippen LogP contribution in [0, 0.1) is 0 Å². The highest BCUT2D eigenvalue weighted by atomic mass is 35.5. The number of hydrogen-bond acceptors (Lipinski definition) is 2. The van der Waals surface area contributed by atoms with Crippen LogP contribution >= 0.6 is 11.6 Å². The van der Waals surface area contributed by atoms with E-state index in [2.05, 4.69) is 5.32 Å². The maximum Gasteiger partial charge on any atom is 0.322 e. The van der Waals surface area contributed by atoms with E-state index in [4.69, 9.17) is 11.6 Å². The third kappa shape index (κ3) is 6.37. The zero-order chi connectivity index (χ0) is 23.1. The first-order chi connectivity index (χ1) is 15.3. The number of rotatable bonds is 8. The van der Waals surface area contributed by atoms with E-state index in [0.29, 0.717) is 23.8 Å². The molecule has 0 bridgehead atoms. The van der Waals surface area contributed by atoms with Gasteiger partial charge in [0.05, 0.1) is 6.54 Å². The second-order valence-corrected chi connectivity index (χ2v) is 8.44. The van der Waals surface area contributed by atoms with Crippen LogP contribution in [0.25, 0.3) is 0 Å². The molecule has 3 rings (SSSR count). The van der Waals surface area contributed by atoms with Crippen LogP contribution in [-0.4, -0.2) is 38.9 Å². The maximum absolute atomic E-state index is 13.4. The third-order valence-electron chi connectivity index (χ3n) is 5.24. The van der Waals surface area contributed by atoms with Crippen LogP contribution in [0.4, 0.5) is 10.5 Å². The van der Waals surface area contributed by atoms with E-state index in [1.165, 1.54) is 4.90 Å². The fraction of sp³-hybridized carbons (Fsp3) is 0.280. The highest BCUT2D eigenvalue weighted by Gasteiger charge is 2.24. The summed E-state index contributed by atoms with van der Waals surface area (Å²) < 4.78 is 2.00. The predicted molar refractivity (Wildman–Crippen MR) is 128 cm³/mol. The van der Waals surface area contributed by atoms with Gasteiger partial charge in [-0.3, -0.25) is 4.79 Å². The van der Waals surface area contributed by atoms with Crippen LogP contribution < -0.4 is 5.32 Å². The van der Waals surface area contributed by atoms with Gasteiger partial charge in [0, 0.05) is 42.2 Å². The van der Waals surface area contributed by atoms with Gasteiger partial charge < -0.3 is 19.7 Å². The molecular formula is C25H29ClN4O2. The lowest BCUT2D eigenvalue weighted by Gasteiger charge is -2.30. The number of halogens is 1. The van der Waals surface area contributed by atoms with E-state index in [1.807, 2.05) is 74.1 Å². The van der Waals surface area contributed by atoms with Gasteiger partial charge in [-0.2, -0.15) is 0 Å². The Bertz CT molecular complexity index is 1050. The molecule has 3 amide bonds. The Balaban J connectivity index is 1.76. The van der Waals surface area contributed by atoms with E-state index in [9.17, 15) is 9.59 Å². The molecule has 168 valence electrons. The molecule has 0 saturated heterocycles. The summed E-state index contributed by atoms with van der Waals surface area (Å²) >= 11 is 6.03. The van der Waals surface area contributed by atoms with Crippen LogP contribution in [0.1, 0.15) is 25.1 Å². The normalized spacial score (nSPS) is 10.8. The van der Waals surface area contributed by atoms with Crippen molar-refractivity contribution in [3.8, 4) is 0 Å². The predicted octanol–water partition coefficient (Wildman–Crippen LogP) is 5.15. The second kappa shape index (κ2) is 10.9. The summed E-state index contributed by atoms with van der Waals surface area (Å²) in [7, 11) is 1.96. The standard InChI is InChI=1S/C25H29ClN4O2/c1-19(2)30(25(32)27-22-12-7-11-21(26)15-22)18-24(31)29(16-20-9-5-4-6-10-20)17-23-13-8-14-28(23)3/h4-15,19H,16-18H2,1-3H3,(H,27,32). The van der Waals surface area contributed by atoms with Gasteiger partial charge in [-0.1, -0.05) is 48.0 Å². The summed E-state index contributed by atoms with van der Waals surface area (Å²) in [5, 5.41) is 3.37. The van der Waals surface area contributed by atoms with Crippen LogP contribution in [0.3, 0.4) is 0 Å². The monoisotopic (exact) mass is 452 g/mol. The van der Waals surface area contributed by atoms with Crippen LogP contribution in [0.15, 0.2) is 72.9 Å². The minimum atomic E-state index is -0.339. The minimum absolute atomic E-state index is 0.0265. The molecule has 1 aromatic heterocycles. The molecule has 1 N–H and O–H groups in total. The lowest BCUT2D eigenvalue weighted by Crippen LogP contribution is -2.47. The van der Waals surface area contributed by atoms with Crippen molar-refractivity contribution in [1.29, 1.82) is 0 Å². The van der Waals surface area contributed by atoms with Gasteiger partial charge >= 0.3 is 6.03 Å². The summed E-state index contributed by atoms with van der Waals surface area (Å²) in [5.41, 5.74) is 2.65. The minimum Gasteiger partial charge on any atom is -0.353 e. The first-order valence-electron chi connectivity index (χ1n) is 10.6. The number of carbonyl (C=O) groups excluding carboxylic acids is 2. The van der Waals surface area contributed by atoms with Crippen LogP contribution in [-0.2, 0) is 24.9 Å². The van der Waals surface area contributed by atoms with E-state index in [-0.39, 0.29) is 24.5 Å². The molecule has 0 aliphatic rings. The van der Waals surface area contributed by atoms with Gasteiger partial charge in [0.15, 0.2) is 0 Å². The van der Waals surface area contributed by atoms with E-state index in [1.54, 1.807) is 29.2 Å². The number of amides is 3. The van der Waals surface area contributed by atoms with Crippen molar-refractivity contribution in [2.45, 2.75) is 33.0 Å². The van der Waals surface area contributed by atoms with Crippen molar-refractivity contribution in [3.05, 3.63) is 89.2 Å². The topological polar surface area (TPSA) is 57.6 Å². The number of aromatic nitrogens is 1. The fourth-order valence-electron chi connectivity index (χ4n) is 3.39. The zero-order valence-corrected chi connectivity index (χ0v) is 19.4. The number of aryl methyl sites for hydroxylation is 1. The molecule has 32 heavy (non-hydrogen) atoms. The molecular weight excluding hydrogens is 424 g/mol. The molecule has 6 nitrogen and oxygen atoms in total. The Morgan fingerprint density at radius 2 is 1.75 bits per heavy atom. The molecule has 2 aromatic carbocycles. The Morgan fingerprint density at radius 3 is 2.38 bits per heavy atom. The van der Waals surface area contributed by atoms with Crippen molar-refractivity contribution in [2.24, 2.45) is 7.05 Å². The first kappa shape index (κ1) is 23.4. The van der Waals surface area contributed by atoms with Gasteiger partial charge in [0.2, 0.25) is 5.91 Å². The van der Waals surface area contributed by atoms with Gasteiger partial charge in [0.25, 0.3) is 0 Å². The summed E-state index contributed by atoms with van der Waals surface area (Å²) in [6.07, 6.45) is 1.96. The average Bonchev–Trinajstić information content (AvgIpc) is 3.16. The highest BCUT2D eigenvalue weighted by molar-refractivity contribution is 6.30. The molecule has 1 heterocycles. The van der Waals surface area contributed by atoms with E-state index >= 15 is 0 Å². The number of anilines is 1. The van der Waals surface area contributed by atoms with Gasteiger partial charge in [0.1, 0.15) is 6.54 Å². The van der Waals surface area contributed by atoms with Crippen molar-refractivity contribution in [2.75, 3.05) is 11.9 Å². The quantitative estimate of drug-likeness (QED) is 0.513. The molecule has 3 aromatic rings. The molecule has 0 spiro atoms. The van der Waals surface area contributed by atoms with Gasteiger partial charge in [-0.05, 0) is 49.7 Å². The average molecular weight is 453 g/mol. The smallest absolute Gasteiger partial charge is 0.322 e. The highest BCUT2D eigenvalue weighted by Crippen LogP contribution is 2.17. The van der Waals surface area contributed by atoms with Crippen molar-refractivity contribution >= 4 is 29.2 Å². The molecule has 0 aliphatic carbocycles.